The van der Waals surface area contributed by atoms with Gasteiger partial charge in [-0.05, 0) is 12.1 Å². The quantitative estimate of drug-likeness (QED) is 0.740. The Hall–Kier alpha value is -1.62. The Labute approximate surface area is 105 Å². The largest absolute Gasteiger partial charge is 0.468 e. The van der Waals surface area contributed by atoms with Crippen LogP contribution in [0.5, 0.6) is 0 Å². The average molecular weight is 257 g/mol. The third kappa shape index (κ3) is 2.74. The van der Waals surface area contributed by atoms with Crippen LogP contribution in [0.2, 0.25) is 0 Å². The minimum absolute atomic E-state index is 0. The highest BCUT2D eigenvalue weighted by atomic mass is 35.5. The van der Waals surface area contributed by atoms with Gasteiger partial charge in [0, 0.05) is 19.0 Å². The smallest absolute Gasteiger partial charge is 0.325 e. The van der Waals surface area contributed by atoms with Crippen LogP contribution in [-0.4, -0.2) is 30.5 Å². The lowest BCUT2D eigenvalue weighted by Gasteiger charge is -2.27. The number of aryl methyl sites for hydroxylation is 1. The molecule has 0 unspecified atom stereocenters. The Morgan fingerprint density at radius 3 is 3.00 bits per heavy atom. The maximum Gasteiger partial charge on any atom is 0.325 e. The molecule has 0 spiro atoms. The van der Waals surface area contributed by atoms with Crippen LogP contribution in [0.15, 0.2) is 18.3 Å². The van der Waals surface area contributed by atoms with E-state index >= 15 is 0 Å². The number of fused-ring (bicyclic) bond motifs is 1. The molecule has 0 aromatic carbocycles. The topological polar surface area (TPSA) is 59.5 Å². The average Bonchev–Trinajstić information content (AvgIpc) is 2.32. The first kappa shape index (κ1) is 13.4. The molecule has 0 aliphatic carbocycles. The Morgan fingerprint density at radius 1 is 1.53 bits per heavy atom. The maximum atomic E-state index is 11.7. The molecule has 92 valence electrons. The van der Waals surface area contributed by atoms with Crippen LogP contribution >= 0.6 is 12.4 Å². The van der Waals surface area contributed by atoms with E-state index in [0.717, 1.165) is 5.69 Å². The number of esters is 1. The van der Waals surface area contributed by atoms with E-state index in [0.29, 0.717) is 18.5 Å². The van der Waals surface area contributed by atoms with Gasteiger partial charge in [-0.15, -0.1) is 12.4 Å². The lowest BCUT2D eigenvalue weighted by atomic mass is 10.1. The highest BCUT2D eigenvalue weighted by Crippen LogP contribution is 2.25. The second-order valence-corrected chi connectivity index (χ2v) is 3.53. The van der Waals surface area contributed by atoms with Crippen molar-refractivity contribution in [2.24, 2.45) is 0 Å². The summed E-state index contributed by atoms with van der Waals surface area (Å²) < 4.78 is 4.56. The van der Waals surface area contributed by atoms with Crippen LogP contribution in [-0.2, 0) is 20.7 Å². The van der Waals surface area contributed by atoms with E-state index in [1.165, 1.54) is 12.0 Å². The van der Waals surface area contributed by atoms with Gasteiger partial charge in [-0.3, -0.25) is 19.5 Å². The normalized spacial score (nSPS) is 13.7. The summed E-state index contributed by atoms with van der Waals surface area (Å²) in [5.41, 5.74) is 1.56. The van der Waals surface area contributed by atoms with E-state index in [9.17, 15) is 9.59 Å². The Balaban J connectivity index is 0.00000144. The minimum atomic E-state index is -0.426. The zero-order valence-electron chi connectivity index (χ0n) is 9.38. The molecule has 2 rings (SSSR count). The molecule has 0 fully saturated rings. The van der Waals surface area contributed by atoms with Crippen LogP contribution in [0, 0.1) is 0 Å². The number of ether oxygens (including phenoxy) is 1. The first-order valence-electron chi connectivity index (χ1n) is 5.03. The third-order valence-electron chi connectivity index (χ3n) is 2.55. The summed E-state index contributed by atoms with van der Waals surface area (Å²) in [6.45, 7) is -0.0476. The van der Waals surface area contributed by atoms with Gasteiger partial charge in [0.15, 0.2) is 0 Å². The number of carbonyl (C=O) groups excluding carboxylic acids is 2. The summed E-state index contributed by atoms with van der Waals surface area (Å²) in [7, 11) is 1.31. The summed E-state index contributed by atoms with van der Waals surface area (Å²) in [5, 5.41) is 0. The van der Waals surface area contributed by atoms with Gasteiger partial charge in [-0.2, -0.15) is 0 Å². The molecular formula is C11H13ClN2O3. The number of methoxy groups -OCH3 is 1. The zero-order valence-corrected chi connectivity index (χ0v) is 10.2. The number of aromatic nitrogens is 1. The monoisotopic (exact) mass is 256 g/mol. The highest BCUT2D eigenvalue weighted by Gasteiger charge is 2.26. The molecule has 1 aromatic rings. The lowest BCUT2D eigenvalue weighted by molar-refractivity contribution is -0.140. The van der Waals surface area contributed by atoms with E-state index in [-0.39, 0.29) is 24.9 Å². The lowest BCUT2D eigenvalue weighted by Crippen LogP contribution is -2.39. The second-order valence-electron chi connectivity index (χ2n) is 3.53. The summed E-state index contributed by atoms with van der Waals surface area (Å²) in [5.74, 6) is -0.490. The van der Waals surface area contributed by atoms with Crippen molar-refractivity contribution in [2.45, 2.75) is 12.8 Å². The Kier molecular flexibility index (Phi) is 4.45. The molecule has 0 saturated heterocycles. The Bertz CT molecular complexity index is 436. The molecule has 5 nitrogen and oxygen atoms in total. The van der Waals surface area contributed by atoms with Gasteiger partial charge in [0.05, 0.1) is 18.5 Å². The fourth-order valence-corrected chi connectivity index (χ4v) is 1.73. The molecule has 0 radical (unpaired) electrons. The Morgan fingerprint density at radius 2 is 2.29 bits per heavy atom. The van der Waals surface area contributed by atoms with Crippen LogP contribution in [0.1, 0.15) is 12.1 Å². The van der Waals surface area contributed by atoms with Crippen LogP contribution < -0.4 is 4.90 Å². The van der Waals surface area contributed by atoms with Gasteiger partial charge >= 0.3 is 5.97 Å². The van der Waals surface area contributed by atoms with Crippen molar-refractivity contribution < 1.29 is 14.3 Å². The minimum Gasteiger partial charge on any atom is -0.468 e. The fraction of sp³-hybridized carbons (Fsp3) is 0.364. The van der Waals surface area contributed by atoms with Crippen LogP contribution in [0.25, 0.3) is 0 Å². The third-order valence-corrected chi connectivity index (χ3v) is 2.55. The van der Waals surface area contributed by atoms with Crippen molar-refractivity contribution in [1.29, 1.82) is 0 Å². The zero-order chi connectivity index (χ0) is 11.5. The molecule has 0 atom stereocenters. The number of hydrogen-bond donors (Lipinski definition) is 0. The number of amides is 1. The number of carbonyl (C=O) groups is 2. The van der Waals surface area contributed by atoms with Gasteiger partial charge in [0.1, 0.15) is 6.54 Å². The molecule has 1 amide bonds. The summed E-state index contributed by atoms with van der Waals surface area (Å²) >= 11 is 0. The van der Waals surface area contributed by atoms with E-state index in [2.05, 4.69) is 9.72 Å². The number of anilines is 1. The maximum absolute atomic E-state index is 11.7. The van der Waals surface area contributed by atoms with E-state index in [1.807, 2.05) is 0 Å². The molecule has 0 saturated carbocycles. The van der Waals surface area contributed by atoms with Gasteiger partial charge < -0.3 is 4.74 Å². The van der Waals surface area contributed by atoms with Crippen molar-refractivity contribution in [3.63, 3.8) is 0 Å². The van der Waals surface area contributed by atoms with Crippen molar-refractivity contribution in [3.8, 4) is 0 Å². The first-order valence-corrected chi connectivity index (χ1v) is 5.03. The molecule has 6 heteroatoms. The molecule has 1 aliphatic rings. The van der Waals surface area contributed by atoms with E-state index in [1.54, 1.807) is 18.3 Å². The predicted molar refractivity (Wildman–Crippen MR) is 64.2 cm³/mol. The molecular weight excluding hydrogens is 244 g/mol. The van der Waals surface area contributed by atoms with Gasteiger partial charge in [-0.1, -0.05) is 0 Å². The molecule has 1 aromatic heterocycles. The van der Waals surface area contributed by atoms with E-state index < -0.39 is 5.97 Å². The molecule has 0 bridgehead atoms. The SMILES string of the molecule is COC(=O)CN1C(=O)CCc2ncccc21.Cl. The molecule has 2 heterocycles. The molecule has 17 heavy (non-hydrogen) atoms. The van der Waals surface area contributed by atoms with Crippen molar-refractivity contribution in [2.75, 3.05) is 18.6 Å². The van der Waals surface area contributed by atoms with Crippen molar-refractivity contribution in [3.05, 3.63) is 24.0 Å². The molecule has 0 N–H and O–H groups in total. The first-order chi connectivity index (χ1) is 7.72. The summed E-state index contributed by atoms with van der Waals surface area (Å²) in [6.07, 6.45) is 2.71. The predicted octanol–water partition coefficient (Wildman–Crippen LogP) is 0.956. The summed E-state index contributed by atoms with van der Waals surface area (Å²) in [6, 6.07) is 3.55. The number of rotatable bonds is 2. The standard InChI is InChI=1S/C11H12N2O3.ClH/c1-16-11(15)7-13-9-3-2-6-12-8(9)4-5-10(13)14;/h2-3,6H,4-5,7H2,1H3;1H. The van der Waals surface area contributed by atoms with Gasteiger partial charge in [-0.25, -0.2) is 0 Å². The number of hydrogen-bond acceptors (Lipinski definition) is 4. The number of halogens is 1. The van der Waals surface area contributed by atoms with Gasteiger partial charge in [0.25, 0.3) is 0 Å². The van der Waals surface area contributed by atoms with Gasteiger partial charge in [0.2, 0.25) is 5.91 Å². The summed E-state index contributed by atoms with van der Waals surface area (Å²) in [4.78, 5) is 28.5. The highest BCUT2D eigenvalue weighted by molar-refractivity contribution is 5.99. The number of nitrogens with zero attached hydrogens (tertiary/aromatic N) is 2. The fourth-order valence-electron chi connectivity index (χ4n) is 1.73. The number of pyridine rings is 1. The van der Waals surface area contributed by atoms with Crippen molar-refractivity contribution >= 4 is 30.0 Å². The second kappa shape index (κ2) is 5.63. The van der Waals surface area contributed by atoms with Crippen LogP contribution in [0.4, 0.5) is 5.69 Å². The van der Waals surface area contributed by atoms with Crippen molar-refractivity contribution in [1.82, 2.24) is 4.98 Å². The van der Waals surface area contributed by atoms with E-state index in [4.69, 9.17) is 0 Å². The molecule has 1 aliphatic heterocycles. The van der Waals surface area contributed by atoms with Crippen LogP contribution in [0.3, 0.4) is 0 Å².